The Morgan fingerprint density at radius 2 is 2.11 bits per heavy atom. The van der Waals surface area contributed by atoms with E-state index in [0.717, 1.165) is 36.5 Å². The smallest absolute Gasteiger partial charge is 0.320 e. The number of carbonyl (C=O) groups is 1. The minimum Gasteiger partial charge on any atom is -0.320 e. The second-order valence-corrected chi connectivity index (χ2v) is 6.90. The van der Waals surface area contributed by atoms with Crippen LogP contribution in [-0.4, -0.2) is 31.3 Å². The SMILES string of the molecule is Cc1nnc(SCC(=O)Nc2ccc(C(F)(F)F)cc2[N+](=O)[O-])n1C1CC1. The third kappa shape index (κ3) is 4.38. The van der Waals surface area contributed by atoms with Crippen molar-refractivity contribution >= 4 is 29.0 Å². The molecule has 8 nitrogen and oxygen atoms in total. The lowest BCUT2D eigenvalue weighted by atomic mass is 10.1. The van der Waals surface area contributed by atoms with E-state index in [2.05, 4.69) is 15.5 Å². The highest BCUT2D eigenvalue weighted by atomic mass is 32.2. The van der Waals surface area contributed by atoms with E-state index in [9.17, 15) is 28.1 Å². The maximum atomic E-state index is 12.7. The molecule has 1 N–H and O–H groups in total. The highest BCUT2D eigenvalue weighted by Gasteiger charge is 2.33. The number of rotatable bonds is 6. The minimum atomic E-state index is -4.71. The molecule has 1 saturated carbocycles. The van der Waals surface area contributed by atoms with Gasteiger partial charge in [-0.2, -0.15) is 13.2 Å². The molecule has 1 aliphatic carbocycles. The van der Waals surface area contributed by atoms with Gasteiger partial charge in [-0.25, -0.2) is 0 Å². The topological polar surface area (TPSA) is 103 Å². The molecule has 1 heterocycles. The van der Waals surface area contributed by atoms with Gasteiger partial charge < -0.3 is 9.88 Å². The number of nitrogens with one attached hydrogen (secondary N) is 1. The molecule has 144 valence electrons. The van der Waals surface area contributed by atoms with Gasteiger partial charge in [0.05, 0.1) is 16.2 Å². The fourth-order valence-corrected chi connectivity index (χ4v) is 3.33. The van der Waals surface area contributed by atoms with Crippen molar-refractivity contribution in [2.45, 2.75) is 37.1 Å². The summed E-state index contributed by atoms with van der Waals surface area (Å²) in [6.07, 6.45) is -2.69. The van der Waals surface area contributed by atoms with Crippen molar-refractivity contribution in [1.29, 1.82) is 0 Å². The molecule has 1 aliphatic rings. The summed E-state index contributed by atoms with van der Waals surface area (Å²) >= 11 is 1.11. The molecule has 12 heteroatoms. The van der Waals surface area contributed by atoms with E-state index in [-0.39, 0.29) is 11.4 Å². The second-order valence-electron chi connectivity index (χ2n) is 5.95. The first kappa shape index (κ1) is 19.1. The monoisotopic (exact) mass is 401 g/mol. The van der Waals surface area contributed by atoms with E-state index < -0.39 is 28.3 Å². The van der Waals surface area contributed by atoms with Gasteiger partial charge in [0.2, 0.25) is 5.91 Å². The maximum Gasteiger partial charge on any atom is 0.416 e. The molecule has 0 saturated heterocycles. The minimum absolute atomic E-state index is 0.108. The van der Waals surface area contributed by atoms with Crippen molar-refractivity contribution < 1.29 is 22.9 Å². The summed E-state index contributed by atoms with van der Waals surface area (Å²) < 4.78 is 40.1. The summed E-state index contributed by atoms with van der Waals surface area (Å²) in [5.74, 6) is 0.0351. The molecule has 0 unspecified atom stereocenters. The van der Waals surface area contributed by atoms with Gasteiger partial charge in [-0.05, 0) is 31.9 Å². The average molecular weight is 401 g/mol. The third-order valence-corrected chi connectivity index (χ3v) is 4.82. The number of thioether (sulfide) groups is 1. The van der Waals surface area contributed by atoms with Crippen molar-refractivity contribution in [2.75, 3.05) is 11.1 Å². The number of nitrogens with zero attached hydrogens (tertiary/aromatic N) is 4. The van der Waals surface area contributed by atoms with E-state index >= 15 is 0 Å². The predicted molar refractivity (Wildman–Crippen MR) is 90.5 cm³/mol. The van der Waals surface area contributed by atoms with Crippen molar-refractivity contribution in [3.8, 4) is 0 Å². The van der Waals surface area contributed by atoms with E-state index in [4.69, 9.17) is 0 Å². The number of amides is 1. The van der Waals surface area contributed by atoms with Gasteiger partial charge in [-0.3, -0.25) is 14.9 Å². The van der Waals surface area contributed by atoms with Crippen LogP contribution in [0.4, 0.5) is 24.5 Å². The van der Waals surface area contributed by atoms with Crippen LogP contribution in [0.1, 0.15) is 30.3 Å². The number of halogens is 3. The lowest BCUT2D eigenvalue weighted by molar-refractivity contribution is -0.384. The first-order chi connectivity index (χ1) is 12.7. The Kier molecular flexibility index (Phi) is 5.09. The van der Waals surface area contributed by atoms with Gasteiger partial charge in [0.25, 0.3) is 5.69 Å². The third-order valence-electron chi connectivity index (χ3n) is 3.88. The molecular weight excluding hydrogens is 387 g/mol. The zero-order chi connectivity index (χ0) is 19.8. The fourth-order valence-electron chi connectivity index (χ4n) is 2.48. The average Bonchev–Trinajstić information content (AvgIpc) is 3.35. The van der Waals surface area contributed by atoms with Crippen molar-refractivity contribution in [1.82, 2.24) is 14.8 Å². The molecule has 0 aliphatic heterocycles. The Bertz CT molecular complexity index is 895. The van der Waals surface area contributed by atoms with Crippen LogP contribution in [-0.2, 0) is 11.0 Å². The van der Waals surface area contributed by atoms with Gasteiger partial charge in [0, 0.05) is 12.1 Å². The molecular formula is C15H14F3N5O3S. The van der Waals surface area contributed by atoms with Gasteiger partial charge in [-0.1, -0.05) is 11.8 Å². The molecule has 2 aromatic rings. The summed E-state index contributed by atoms with van der Waals surface area (Å²) in [5.41, 5.74) is -2.27. The zero-order valence-corrected chi connectivity index (χ0v) is 14.8. The number of aryl methyl sites for hydroxylation is 1. The van der Waals surface area contributed by atoms with Crippen LogP contribution in [0, 0.1) is 17.0 Å². The number of anilines is 1. The normalized spacial score (nSPS) is 14.2. The van der Waals surface area contributed by atoms with E-state index in [1.54, 1.807) is 6.92 Å². The van der Waals surface area contributed by atoms with Gasteiger partial charge in [0.1, 0.15) is 11.5 Å². The van der Waals surface area contributed by atoms with Gasteiger partial charge in [-0.15, -0.1) is 10.2 Å². The maximum absolute atomic E-state index is 12.7. The molecule has 0 bridgehead atoms. The highest BCUT2D eigenvalue weighted by Crippen LogP contribution is 2.39. The number of hydrogen-bond acceptors (Lipinski definition) is 6. The van der Waals surface area contributed by atoms with E-state index in [0.29, 0.717) is 23.3 Å². The molecule has 3 rings (SSSR count). The number of aromatic nitrogens is 3. The lowest BCUT2D eigenvalue weighted by Crippen LogP contribution is -2.16. The summed E-state index contributed by atoms with van der Waals surface area (Å²) in [5, 5.41) is 21.9. The Balaban J connectivity index is 1.70. The lowest BCUT2D eigenvalue weighted by Gasteiger charge is -2.10. The van der Waals surface area contributed by atoms with Crippen molar-refractivity contribution in [3.63, 3.8) is 0 Å². The molecule has 0 radical (unpaired) electrons. The van der Waals surface area contributed by atoms with Crippen LogP contribution in [0.25, 0.3) is 0 Å². The van der Waals surface area contributed by atoms with Crippen molar-refractivity contribution in [2.24, 2.45) is 0 Å². The van der Waals surface area contributed by atoms with E-state index in [1.807, 2.05) is 4.57 Å². The molecule has 1 fully saturated rings. The van der Waals surface area contributed by atoms with Crippen molar-refractivity contribution in [3.05, 3.63) is 39.7 Å². The number of nitro groups is 1. The second kappa shape index (κ2) is 7.18. The molecule has 1 amide bonds. The fraction of sp³-hybridized carbons (Fsp3) is 0.400. The van der Waals surface area contributed by atoms with Crippen LogP contribution in [0.5, 0.6) is 0 Å². The number of alkyl halides is 3. The number of carbonyl (C=O) groups excluding carboxylic acids is 1. The van der Waals surface area contributed by atoms with Crippen LogP contribution >= 0.6 is 11.8 Å². The highest BCUT2D eigenvalue weighted by molar-refractivity contribution is 7.99. The quantitative estimate of drug-likeness (QED) is 0.451. The summed E-state index contributed by atoms with van der Waals surface area (Å²) in [4.78, 5) is 22.2. The Labute approximate surface area is 155 Å². The first-order valence-electron chi connectivity index (χ1n) is 7.86. The van der Waals surface area contributed by atoms with Gasteiger partial charge >= 0.3 is 6.18 Å². The molecule has 27 heavy (non-hydrogen) atoms. The summed E-state index contributed by atoms with van der Waals surface area (Å²) in [7, 11) is 0. The number of nitro benzene ring substituents is 1. The molecule has 1 aromatic heterocycles. The standard InChI is InChI=1S/C15H14F3N5O3S/c1-8-20-21-14(22(8)10-3-4-10)27-7-13(24)19-11-5-2-9(15(16,17)18)6-12(11)23(25)26/h2,5-6,10H,3-4,7H2,1H3,(H,19,24). The van der Waals surface area contributed by atoms with Crippen LogP contribution in [0.2, 0.25) is 0 Å². The van der Waals surface area contributed by atoms with Gasteiger partial charge in [0.15, 0.2) is 5.16 Å². The largest absolute Gasteiger partial charge is 0.416 e. The Morgan fingerprint density at radius 3 is 2.70 bits per heavy atom. The first-order valence-corrected chi connectivity index (χ1v) is 8.85. The van der Waals surface area contributed by atoms with Crippen LogP contribution in [0.3, 0.4) is 0 Å². The molecule has 0 spiro atoms. The van der Waals surface area contributed by atoms with Crippen LogP contribution < -0.4 is 5.32 Å². The summed E-state index contributed by atoms with van der Waals surface area (Å²) in [6.45, 7) is 1.81. The summed E-state index contributed by atoms with van der Waals surface area (Å²) in [6, 6.07) is 2.28. The zero-order valence-electron chi connectivity index (χ0n) is 14.0. The molecule has 1 aromatic carbocycles. The van der Waals surface area contributed by atoms with Crippen LogP contribution in [0.15, 0.2) is 23.4 Å². The number of benzene rings is 1. The number of hydrogen-bond donors (Lipinski definition) is 1. The molecule has 0 atom stereocenters. The Hall–Kier alpha value is -2.63. The van der Waals surface area contributed by atoms with E-state index in [1.165, 1.54) is 0 Å². The predicted octanol–water partition coefficient (Wildman–Crippen LogP) is 3.58. The Morgan fingerprint density at radius 1 is 1.41 bits per heavy atom.